The normalized spacial score (nSPS) is 18.0. The van der Waals surface area contributed by atoms with Crippen molar-refractivity contribution in [2.24, 2.45) is 0 Å². The van der Waals surface area contributed by atoms with E-state index in [0.717, 1.165) is 22.7 Å². The first-order valence-electron chi connectivity index (χ1n) is 10.5. The molecule has 15 heteroatoms. The highest BCUT2D eigenvalue weighted by Crippen LogP contribution is 2.30. The summed E-state index contributed by atoms with van der Waals surface area (Å²) in [6.45, 7) is 0.141. The summed E-state index contributed by atoms with van der Waals surface area (Å²) in [6.07, 6.45) is -3.13. The number of alkyl halides is 3. The van der Waals surface area contributed by atoms with Crippen molar-refractivity contribution >= 4 is 26.3 Å². The Morgan fingerprint density at radius 1 is 1.06 bits per heavy atom. The van der Waals surface area contributed by atoms with E-state index in [1.54, 1.807) is 0 Å². The van der Waals surface area contributed by atoms with Gasteiger partial charge in [-0.25, -0.2) is 21.9 Å². The molecule has 2 aromatic rings. The molecule has 0 aliphatic carbocycles. The van der Waals surface area contributed by atoms with Gasteiger partial charge in [0.25, 0.3) is 0 Å². The predicted molar refractivity (Wildman–Crippen MR) is 120 cm³/mol. The fourth-order valence-corrected chi connectivity index (χ4v) is 6.65. The topological polar surface area (TPSA) is 131 Å². The maximum absolute atomic E-state index is 13.0. The zero-order chi connectivity index (χ0) is 26.7. The van der Waals surface area contributed by atoms with E-state index in [0.29, 0.717) is 6.42 Å². The average molecular weight is 553 g/mol. The predicted octanol–water partition coefficient (Wildman–Crippen LogP) is 2.79. The van der Waals surface area contributed by atoms with Gasteiger partial charge in [0.15, 0.2) is 9.84 Å². The number of rotatable bonds is 10. The molecule has 198 valence electrons. The van der Waals surface area contributed by atoms with Gasteiger partial charge in [0, 0.05) is 12.6 Å². The molecule has 10 nitrogen and oxygen atoms in total. The number of hydrogen-bond acceptors (Lipinski definition) is 8. The smallest absolute Gasteiger partial charge is 0.457 e. The van der Waals surface area contributed by atoms with Crippen molar-refractivity contribution < 1.29 is 49.5 Å². The Kier molecular flexibility index (Phi) is 8.17. The third kappa shape index (κ3) is 7.09. The number of hydroxylamine groups is 2. The Labute approximate surface area is 205 Å². The van der Waals surface area contributed by atoms with Gasteiger partial charge in [0.2, 0.25) is 16.4 Å². The van der Waals surface area contributed by atoms with Gasteiger partial charge < -0.3 is 9.47 Å². The minimum Gasteiger partial charge on any atom is -0.457 e. The van der Waals surface area contributed by atoms with Crippen LogP contribution in [0.3, 0.4) is 0 Å². The molecular weight excluding hydrogens is 529 g/mol. The molecule has 0 radical (unpaired) electrons. The average Bonchev–Trinajstić information content (AvgIpc) is 3.28. The Bertz CT molecular complexity index is 1270. The summed E-state index contributed by atoms with van der Waals surface area (Å²) in [7, 11) is -7.80. The van der Waals surface area contributed by atoms with E-state index in [1.807, 2.05) is 0 Å². The number of carbonyl (C=O) groups excluding carboxylic acids is 1. The van der Waals surface area contributed by atoms with Crippen LogP contribution < -0.4 is 9.47 Å². The Balaban J connectivity index is 1.74. The van der Waals surface area contributed by atoms with Crippen molar-refractivity contribution in [3.63, 3.8) is 0 Å². The summed E-state index contributed by atoms with van der Waals surface area (Å²) >= 11 is 0. The lowest BCUT2D eigenvalue weighted by molar-refractivity contribution is -0.274. The van der Waals surface area contributed by atoms with Gasteiger partial charge in [-0.3, -0.25) is 10.0 Å². The first-order valence-corrected chi connectivity index (χ1v) is 14.0. The van der Waals surface area contributed by atoms with Crippen LogP contribution in [0.2, 0.25) is 0 Å². The van der Waals surface area contributed by atoms with Crippen molar-refractivity contribution in [3.8, 4) is 17.2 Å². The summed E-state index contributed by atoms with van der Waals surface area (Å²) in [5.41, 5.74) is 0. The maximum Gasteiger partial charge on any atom is 0.573 e. The van der Waals surface area contributed by atoms with E-state index in [1.165, 1.54) is 36.4 Å². The molecule has 1 amide bonds. The van der Waals surface area contributed by atoms with Crippen LogP contribution in [0, 0.1) is 0 Å². The lowest BCUT2D eigenvalue weighted by atomic mass is 10.1. The largest absolute Gasteiger partial charge is 0.573 e. The van der Waals surface area contributed by atoms with Gasteiger partial charge in [0.05, 0.1) is 22.9 Å². The molecule has 1 fully saturated rings. The third-order valence-corrected chi connectivity index (χ3v) is 8.51. The van der Waals surface area contributed by atoms with E-state index in [2.05, 4.69) is 4.74 Å². The quantitative estimate of drug-likeness (QED) is 0.271. The summed E-state index contributed by atoms with van der Waals surface area (Å²) in [6, 6.07) is 7.39. The highest BCUT2D eigenvalue weighted by Gasteiger charge is 2.41. The Morgan fingerprint density at radius 3 is 2.08 bits per heavy atom. The molecule has 1 saturated heterocycles. The number of sulfonamides is 1. The lowest BCUT2D eigenvalue weighted by Crippen LogP contribution is -2.52. The Morgan fingerprint density at radius 2 is 1.58 bits per heavy atom. The minimum atomic E-state index is -4.83. The first kappa shape index (κ1) is 27.7. The number of ether oxygens (including phenoxy) is 2. The van der Waals surface area contributed by atoms with Gasteiger partial charge in [0.1, 0.15) is 17.2 Å². The van der Waals surface area contributed by atoms with E-state index >= 15 is 0 Å². The van der Waals surface area contributed by atoms with E-state index in [9.17, 15) is 40.0 Å². The van der Waals surface area contributed by atoms with Crippen LogP contribution in [0.4, 0.5) is 13.2 Å². The van der Waals surface area contributed by atoms with Crippen molar-refractivity contribution in [2.75, 3.05) is 18.6 Å². The second-order valence-electron chi connectivity index (χ2n) is 8.01. The molecule has 1 aliphatic rings. The molecular formula is C21H23F3N2O8S2. The number of sulfone groups is 1. The van der Waals surface area contributed by atoms with Crippen molar-refractivity contribution in [1.29, 1.82) is 0 Å². The minimum absolute atomic E-state index is 0.0287. The molecule has 0 aromatic heterocycles. The summed E-state index contributed by atoms with van der Waals surface area (Å²) in [5, 5.41) is 10.2. The van der Waals surface area contributed by atoms with Crippen LogP contribution in [-0.4, -0.2) is 74.8 Å². The number of halogens is 3. The van der Waals surface area contributed by atoms with Crippen LogP contribution >= 0.6 is 0 Å². The molecule has 2 atom stereocenters. The highest BCUT2D eigenvalue weighted by molar-refractivity contribution is 7.91. The SMILES string of the molecule is CS(=O)(=O)N1CCC[C@H]1C(CS(=O)(=O)c1ccc(Oc2ccc(OC(F)(F)F)cc2)cc1)N(O)C=O. The number of hydrogen-bond donors (Lipinski definition) is 1. The Hall–Kier alpha value is -2.88. The molecule has 1 unspecified atom stereocenters. The van der Waals surface area contributed by atoms with E-state index in [4.69, 9.17) is 4.74 Å². The van der Waals surface area contributed by atoms with Crippen molar-refractivity contribution in [3.05, 3.63) is 48.5 Å². The standard InChI is InChI=1S/C21H23F3N2O8S2/c1-35(29,30)26-12-2-3-19(26)20(25(28)14-27)13-36(31,32)18-10-8-16(9-11-18)33-15-4-6-17(7-5-15)34-21(22,23)24/h4-11,14,19-20,28H,2-3,12-13H2,1H3/t19-,20?/m0/s1. The zero-order valence-electron chi connectivity index (χ0n) is 18.8. The van der Waals surface area contributed by atoms with Crippen molar-refractivity contribution in [2.45, 2.75) is 36.2 Å². The molecule has 0 bridgehead atoms. The van der Waals surface area contributed by atoms with Gasteiger partial charge in [-0.05, 0) is 61.4 Å². The molecule has 36 heavy (non-hydrogen) atoms. The second-order valence-corrected chi connectivity index (χ2v) is 12.0. The number of carbonyl (C=O) groups is 1. The highest BCUT2D eigenvalue weighted by atomic mass is 32.2. The lowest BCUT2D eigenvalue weighted by Gasteiger charge is -2.32. The molecule has 0 spiro atoms. The van der Waals surface area contributed by atoms with Gasteiger partial charge in [-0.15, -0.1) is 13.2 Å². The van der Waals surface area contributed by atoms with Crippen LogP contribution in [0.5, 0.6) is 17.2 Å². The van der Waals surface area contributed by atoms with Crippen LogP contribution in [-0.2, 0) is 24.7 Å². The molecule has 1 aliphatic heterocycles. The van der Waals surface area contributed by atoms with Gasteiger partial charge in [-0.1, -0.05) is 0 Å². The fourth-order valence-electron chi connectivity index (χ4n) is 3.89. The maximum atomic E-state index is 13.0. The van der Waals surface area contributed by atoms with Crippen molar-refractivity contribution in [1.82, 2.24) is 9.37 Å². The van der Waals surface area contributed by atoms with Gasteiger partial charge in [-0.2, -0.15) is 4.31 Å². The number of nitrogens with zero attached hydrogens (tertiary/aromatic N) is 2. The molecule has 1 N–H and O–H groups in total. The summed E-state index contributed by atoms with van der Waals surface area (Å²) in [4.78, 5) is 11.1. The van der Waals surface area contributed by atoms with Gasteiger partial charge >= 0.3 is 6.36 Å². The van der Waals surface area contributed by atoms with Crippen LogP contribution in [0.1, 0.15) is 12.8 Å². The van der Waals surface area contributed by atoms with Crippen LogP contribution in [0.15, 0.2) is 53.4 Å². The first-order chi connectivity index (χ1) is 16.7. The molecule has 0 saturated carbocycles. The second kappa shape index (κ2) is 10.6. The molecule has 2 aromatic carbocycles. The van der Waals surface area contributed by atoms with E-state index in [-0.39, 0.29) is 40.8 Å². The summed E-state index contributed by atoms with van der Waals surface area (Å²) < 4.78 is 97.3. The third-order valence-electron chi connectivity index (χ3n) is 5.43. The number of benzene rings is 2. The van der Waals surface area contributed by atoms with Crippen LogP contribution in [0.25, 0.3) is 0 Å². The molecule has 3 rings (SSSR count). The zero-order valence-corrected chi connectivity index (χ0v) is 20.5. The molecule has 1 heterocycles. The number of amides is 1. The summed E-state index contributed by atoms with van der Waals surface area (Å²) in [5.74, 6) is -0.814. The fraction of sp³-hybridized carbons (Fsp3) is 0.381. The van der Waals surface area contributed by atoms with E-state index < -0.39 is 49.8 Å². The monoisotopic (exact) mass is 552 g/mol.